The molecule has 0 bridgehead atoms. The lowest BCUT2D eigenvalue weighted by atomic mass is 9.84. The molecule has 35 heavy (non-hydrogen) atoms. The van der Waals surface area contributed by atoms with Gasteiger partial charge < -0.3 is 14.7 Å². The van der Waals surface area contributed by atoms with Crippen LogP contribution in [-0.4, -0.2) is 34.8 Å². The molecule has 0 aromatic heterocycles. The number of Topliss-reactive ketones (excluding diaryl/α,β-unsaturated/α-hetero) is 1. The number of methoxy groups -OCH3 is 1. The molecular formula is C30H37NO4. The highest BCUT2D eigenvalue weighted by Crippen LogP contribution is 2.44. The lowest BCUT2D eigenvalue weighted by Crippen LogP contribution is -2.37. The normalized spacial score (nSPS) is 20.8. The van der Waals surface area contributed by atoms with Crippen LogP contribution in [0.3, 0.4) is 0 Å². The molecule has 5 heteroatoms. The molecule has 1 heterocycles. The Balaban J connectivity index is 1.89. The van der Waals surface area contributed by atoms with E-state index in [2.05, 4.69) is 46.8 Å². The van der Waals surface area contributed by atoms with E-state index in [1.54, 1.807) is 18.1 Å². The average Bonchev–Trinajstić information content (AvgIpc) is 3.44. The van der Waals surface area contributed by atoms with E-state index in [0.29, 0.717) is 11.5 Å². The summed E-state index contributed by atoms with van der Waals surface area (Å²) in [6.07, 6.45) is 3.84. The van der Waals surface area contributed by atoms with E-state index in [-0.39, 0.29) is 22.8 Å². The van der Waals surface area contributed by atoms with Crippen LogP contribution >= 0.6 is 0 Å². The second-order valence-corrected chi connectivity index (χ2v) is 11.1. The SMILES string of the molecule is COc1ccc(/C(O)=C2/C(=O)C(=O)N(C3CCCC3)C2c2ccc(C(C)C)cc2)cc1C(C)(C)C. The zero-order valence-electron chi connectivity index (χ0n) is 21.7. The Kier molecular flexibility index (Phi) is 6.81. The van der Waals surface area contributed by atoms with Crippen molar-refractivity contribution in [2.75, 3.05) is 7.11 Å². The first-order valence-corrected chi connectivity index (χ1v) is 12.6. The van der Waals surface area contributed by atoms with Gasteiger partial charge in [0, 0.05) is 17.2 Å². The van der Waals surface area contributed by atoms with E-state index in [9.17, 15) is 14.7 Å². The second-order valence-electron chi connectivity index (χ2n) is 11.1. The van der Waals surface area contributed by atoms with Gasteiger partial charge in [0.15, 0.2) is 0 Å². The molecule has 1 aliphatic heterocycles. The Morgan fingerprint density at radius 2 is 1.66 bits per heavy atom. The van der Waals surface area contributed by atoms with Crippen molar-refractivity contribution in [1.29, 1.82) is 0 Å². The summed E-state index contributed by atoms with van der Waals surface area (Å²) in [6.45, 7) is 10.5. The minimum Gasteiger partial charge on any atom is -0.507 e. The highest BCUT2D eigenvalue weighted by atomic mass is 16.5. The van der Waals surface area contributed by atoms with E-state index in [1.165, 1.54) is 5.56 Å². The molecule has 1 saturated heterocycles. The van der Waals surface area contributed by atoms with Gasteiger partial charge >= 0.3 is 0 Å². The first-order chi connectivity index (χ1) is 16.5. The molecule has 186 valence electrons. The van der Waals surface area contributed by atoms with Crippen LogP contribution in [0.25, 0.3) is 5.76 Å². The van der Waals surface area contributed by atoms with Gasteiger partial charge in [-0.25, -0.2) is 0 Å². The molecule has 0 spiro atoms. The lowest BCUT2D eigenvalue weighted by Gasteiger charge is -2.31. The van der Waals surface area contributed by atoms with Crippen molar-refractivity contribution in [3.63, 3.8) is 0 Å². The number of aliphatic hydroxyl groups excluding tert-OH is 1. The van der Waals surface area contributed by atoms with Crippen molar-refractivity contribution in [2.24, 2.45) is 0 Å². The maximum Gasteiger partial charge on any atom is 0.295 e. The molecule has 1 unspecified atom stereocenters. The van der Waals surface area contributed by atoms with Crippen LogP contribution in [0, 0.1) is 0 Å². The molecule has 1 amide bonds. The summed E-state index contributed by atoms with van der Waals surface area (Å²) in [5, 5.41) is 11.5. The molecule has 0 radical (unpaired) electrons. The van der Waals surface area contributed by atoms with E-state index < -0.39 is 17.7 Å². The van der Waals surface area contributed by atoms with Crippen molar-refractivity contribution in [1.82, 2.24) is 4.90 Å². The number of carbonyl (C=O) groups excluding carboxylic acids is 2. The maximum atomic E-state index is 13.4. The van der Waals surface area contributed by atoms with Gasteiger partial charge in [0.2, 0.25) is 0 Å². The zero-order chi connectivity index (χ0) is 25.5. The summed E-state index contributed by atoms with van der Waals surface area (Å²) >= 11 is 0. The lowest BCUT2D eigenvalue weighted by molar-refractivity contribution is -0.141. The maximum absolute atomic E-state index is 13.4. The molecule has 1 aliphatic carbocycles. The van der Waals surface area contributed by atoms with Crippen LogP contribution in [0.2, 0.25) is 0 Å². The van der Waals surface area contributed by atoms with Crippen LogP contribution in [-0.2, 0) is 15.0 Å². The summed E-state index contributed by atoms with van der Waals surface area (Å²) in [6, 6.07) is 13.0. The number of nitrogens with zero attached hydrogens (tertiary/aromatic N) is 1. The summed E-state index contributed by atoms with van der Waals surface area (Å²) in [7, 11) is 1.62. The fourth-order valence-corrected chi connectivity index (χ4v) is 5.40. The van der Waals surface area contributed by atoms with Gasteiger partial charge in [-0.3, -0.25) is 9.59 Å². The topological polar surface area (TPSA) is 66.8 Å². The molecular weight excluding hydrogens is 438 g/mol. The molecule has 1 atom stereocenters. The van der Waals surface area contributed by atoms with E-state index in [4.69, 9.17) is 4.74 Å². The van der Waals surface area contributed by atoms with Crippen LogP contribution in [0.5, 0.6) is 5.75 Å². The third-order valence-electron chi connectivity index (χ3n) is 7.40. The molecule has 2 aliphatic rings. The predicted molar refractivity (Wildman–Crippen MR) is 139 cm³/mol. The number of amides is 1. The number of carbonyl (C=O) groups is 2. The number of ether oxygens (including phenoxy) is 1. The smallest absolute Gasteiger partial charge is 0.295 e. The van der Waals surface area contributed by atoms with Gasteiger partial charge in [0.05, 0.1) is 18.7 Å². The van der Waals surface area contributed by atoms with Crippen LogP contribution in [0.15, 0.2) is 48.0 Å². The van der Waals surface area contributed by atoms with Crippen molar-refractivity contribution < 1.29 is 19.4 Å². The molecule has 1 saturated carbocycles. The number of hydrogen-bond acceptors (Lipinski definition) is 4. The van der Waals surface area contributed by atoms with Gasteiger partial charge in [0.1, 0.15) is 11.5 Å². The van der Waals surface area contributed by atoms with Crippen molar-refractivity contribution in [3.8, 4) is 5.75 Å². The van der Waals surface area contributed by atoms with Crippen LogP contribution in [0.4, 0.5) is 0 Å². The van der Waals surface area contributed by atoms with Crippen LogP contribution < -0.4 is 4.74 Å². The standard InChI is InChI=1S/C30H37NO4/c1-18(2)19-11-13-20(14-12-19)26-25(28(33)29(34)31(26)22-9-7-8-10-22)27(32)21-15-16-24(35-6)23(17-21)30(3,4)5/h11-18,22,26,32H,7-10H2,1-6H3/b27-25-. The van der Waals surface area contributed by atoms with Gasteiger partial charge in [-0.2, -0.15) is 0 Å². The zero-order valence-corrected chi connectivity index (χ0v) is 21.7. The average molecular weight is 476 g/mol. The first kappa shape index (κ1) is 25.0. The van der Waals surface area contributed by atoms with Crippen molar-refractivity contribution in [2.45, 2.75) is 83.7 Å². The monoisotopic (exact) mass is 475 g/mol. The number of likely N-dealkylation sites (tertiary alicyclic amines) is 1. The predicted octanol–water partition coefficient (Wildman–Crippen LogP) is 6.48. The minimum absolute atomic E-state index is 0.00697. The molecule has 2 aromatic rings. The number of hydrogen-bond donors (Lipinski definition) is 1. The third-order valence-corrected chi connectivity index (χ3v) is 7.40. The largest absolute Gasteiger partial charge is 0.507 e. The van der Waals surface area contributed by atoms with Crippen molar-refractivity contribution in [3.05, 3.63) is 70.3 Å². The van der Waals surface area contributed by atoms with Gasteiger partial charge in [0.25, 0.3) is 11.7 Å². The molecule has 2 aromatic carbocycles. The Morgan fingerprint density at radius 3 is 2.20 bits per heavy atom. The van der Waals surface area contributed by atoms with Gasteiger partial charge in [-0.15, -0.1) is 0 Å². The third kappa shape index (κ3) is 4.61. The van der Waals surface area contributed by atoms with E-state index >= 15 is 0 Å². The second kappa shape index (κ2) is 9.52. The summed E-state index contributed by atoms with van der Waals surface area (Å²) in [5.74, 6) is -0.155. The van der Waals surface area contributed by atoms with Crippen molar-refractivity contribution >= 4 is 17.4 Å². The van der Waals surface area contributed by atoms with Gasteiger partial charge in [-0.05, 0) is 53.5 Å². The number of aliphatic hydroxyl groups is 1. The summed E-state index contributed by atoms with van der Waals surface area (Å²) in [5.41, 5.74) is 3.42. The van der Waals surface area contributed by atoms with Crippen LogP contribution in [0.1, 0.15) is 94.5 Å². The minimum atomic E-state index is -0.611. The summed E-state index contributed by atoms with van der Waals surface area (Å²) < 4.78 is 5.55. The number of benzene rings is 2. The molecule has 1 N–H and O–H groups in total. The Morgan fingerprint density at radius 1 is 1.03 bits per heavy atom. The molecule has 5 nitrogen and oxygen atoms in total. The highest BCUT2D eigenvalue weighted by molar-refractivity contribution is 6.46. The molecule has 2 fully saturated rings. The van der Waals surface area contributed by atoms with E-state index in [0.717, 1.165) is 42.6 Å². The Labute approximate surface area is 208 Å². The number of rotatable bonds is 5. The quantitative estimate of drug-likeness (QED) is 0.305. The molecule has 4 rings (SSSR count). The number of ketones is 1. The highest BCUT2D eigenvalue weighted by Gasteiger charge is 2.49. The fraction of sp³-hybridized carbons (Fsp3) is 0.467. The van der Waals surface area contributed by atoms with Gasteiger partial charge in [-0.1, -0.05) is 71.7 Å². The Hall–Kier alpha value is -3.08. The first-order valence-electron chi connectivity index (χ1n) is 12.6. The van der Waals surface area contributed by atoms with E-state index in [1.807, 2.05) is 24.3 Å². The summed E-state index contributed by atoms with van der Waals surface area (Å²) in [4.78, 5) is 28.5. The Bertz CT molecular complexity index is 1150. The fourth-order valence-electron chi connectivity index (χ4n) is 5.40.